The van der Waals surface area contributed by atoms with Crippen LogP contribution < -0.4 is 0 Å². The summed E-state index contributed by atoms with van der Waals surface area (Å²) in [5, 5.41) is 0. The molecule has 0 amide bonds. The molecular weight excluding hydrogens is 71.0 g/mol. The molecule has 0 aromatic heterocycles. The quantitative estimate of drug-likeness (QED) is 0.409. The Bertz CT molecular complexity index is 10.8. The predicted octanol–water partition coefficient (Wildman–Crippen LogP) is 0.0998. The summed E-state index contributed by atoms with van der Waals surface area (Å²) >= 11 is 0. The first-order valence-electron chi connectivity index (χ1n) is 1.41. The van der Waals surface area contributed by atoms with E-state index >= 15 is 0 Å². The van der Waals surface area contributed by atoms with Crippen molar-refractivity contribution >= 4 is 8.15 Å². The van der Waals surface area contributed by atoms with Crippen molar-refractivity contribution in [1.82, 2.24) is 0 Å². The van der Waals surface area contributed by atoms with Crippen molar-refractivity contribution in [3.05, 3.63) is 0 Å². The molecule has 0 rings (SSSR count). The fraction of sp³-hybridized carbons (Fsp3) is 1.00. The van der Waals surface area contributed by atoms with Gasteiger partial charge in [-0.1, -0.05) is 0 Å². The van der Waals surface area contributed by atoms with Gasteiger partial charge in [0.25, 0.3) is 0 Å². The first-order chi connectivity index (χ1) is 1.73. The van der Waals surface area contributed by atoms with Crippen LogP contribution in [0.25, 0.3) is 0 Å². The molecular formula is C2H9OP. The minimum absolute atomic E-state index is 1.14. The van der Waals surface area contributed by atoms with Crippen LogP contribution in [0.5, 0.6) is 0 Å². The average Bonchev–Trinajstić information content (AvgIpc) is 0.811. The van der Waals surface area contributed by atoms with Crippen molar-refractivity contribution in [2.75, 3.05) is 13.3 Å². The Kier molecular flexibility index (Phi) is 1.85. The van der Waals surface area contributed by atoms with E-state index in [0.717, 1.165) is 0 Å². The van der Waals surface area contributed by atoms with Crippen LogP contribution in [0.3, 0.4) is 0 Å². The van der Waals surface area contributed by atoms with Gasteiger partial charge in [0.05, 0.1) is 0 Å². The fourth-order valence-corrected chi connectivity index (χ4v) is 0. The summed E-state index contributed by atoms with van der Waals surface area (Å²) in [4.78, 5) is 8.19. The zero-order chi connectivity index (χ0) is 3.58. The van der Waals surface area contributed by atoms with Crippen LogP contribution in [-0.4, -0.2) is 18.2 Å². The fourth-order valence-electron chi connectivity index (χ4n) is 0. The first-order valence-corrected chi connectivity index (χ1v) is 4.24. The van der Waals surface area contributed by atoms with Gasteiger partial charge < -0.3 is 0 Å². The van der Waals surface area contributed by atoms with Crippen molar-refractivity contribution in [2.24, 2.45) is 0 Å². The molecule has 1 nitrogen and oxygen atoms in total. The molecule has 0 heterocycles. The van der Waals surface area contributed by atoms with Crippen molar-refractivity contribution in [1.29, 1.82) is 0 Å². The summed E-state index contributed by atoms with van der Waals surface area (Å²) in [6.07, 6.45) is 0. The average molecular weight is 80.1 g/mol. The molecule has 0 atom stereocenters. The molecule has 1 N–H and O–H groups in total. The molecule has 0 radical (unpaired) electrons. The van der Waals surface area contributed by atoms with Crippen molar-refractivity contribution in [3.8, 4) is 0 Å². The van der Waals surface area contributed by atoms with E-state index in [-0.39, 0.29) is 0 Å². The summed E-state index contributed by atoms with van der Waals surface area (Å²) in [5.41, 5.74) is 0. The Morgan fingerprint density at radius 3 is 1.50 bits per heavy atom. The van der Waals surface area contributed by atoms with Crippen LogP contribution in [0, 0.1) is 0 Å². The Hall–Kier alpha value is 0.390. The van der Waals surface area contributed by atoms with Gasteiger partial charge >= 0.3 is 26.4 Å². The van der Waals surface area contributed by atoms with Crippen LogP contribution in [0.1, 0.15) is 0 Å². The summed E-state index contributed by atoms with van der Waals surface area (Å²) in [5.74, 6) is 0. The van der Waals surface area contributed by atoms with Crippen LogP contribution in [0.15, 0.2) is 0 Å². The van der Waals surface area contributed by atoms with Crippen LogP contribution in [0.4, 0.5) is 0 Å². The maximum atomic E-state index is 8.19. The van der Waals surface area contributed by atoms with E-state index in [1.165, 1.54) is 0 Å². The zero-order valence-corrected chi connectivity index (χ0v) is 4.18. The third-order valence-corrected chi connectivity index (χ3v) is 0. The van der Waals surface area contributed by atoms with E-state index in [1.807, 2.05) is 13.3 Å². The molecule has 0 saturated carbocycles. The molecule has 0 aliphatic carbocycles. The third kappa shape index (κ3) is 30.4. The molecule has 0 aromatic carbocycles. The molecule has 0 aliphatic rings. The zero-order valence-electron chi connectivity index (χ0n) is 3.02. The first kappa shape index (κ1) is 4.39. The summed E-state index contributed by atoms with van der Waals surface area (Å²) < 4.78 is 0. The van der Waals surface area contributed by atoms with Crippen molar-refractivity contribution < 1.29 is 4.89 Å². The van der Waals surface area contributed by atoms with Crippen molar-refractivity contribution in [3.63, 3.8) is 0 Å². The normalized spacial score (nSPS) is 11.2. The Morgan fingerprint density at radius 2 is 1.50 bits per heavy atom. The van der Waals surface area contributed by atoms with Gasteiger partial charge in [-0.05, 0) is 0 Å². The Labute approximate surface area is 27.5 Å². The van der Waals surface area contributed by atoms with Gasteiger partial charge in [-0.25, -0.2) is 0 Å². The molecule has 0 spiro atoms. The van der Waals surface area contributed by atoms with Gasteiger partial charge in [-0.2, -0.15) is 0 Å². The Balaban J connectivity index is 2.32. The SMILES string of the molecule is C[PH2](C)O. The standard InChI is InChI=1S/C2H9OP/c1-4(2)3/h3H,4H2,1-2H3. The van der Waals surface area contributed by atoms with E-state index in [2.05, 4.69) is 0 Å². The van der Waals surface area contributed by atoms with Gasteiger partial charge in [0, 0.05) is 0 Å². The molecule has 0 aliphatic heterocycles. The molecule has 0 bridgehead atoms. The molecule has 0 unspecified atom stereocenters. The monoisotopic (exact) mass is 80.0 g/mol. The summed E-state index contributed by atoms with van der Waals surface area (Å²) in [7, 11) is -1.14. The molecule has 2 heteroatoms. The van der Waals surface area contributed by atoms with Gasteiger partial charge in [0.15, 0.2) is 0 Å². The van der Waals surface area contributed by atoms with Gasteiger partial charge in [0.1, 0.15) is 0 Å². The maximum absolute atomic E-state index is 8.19. The number of rotatable bonds is 0. The van der Waals surface area contributed by atoms with E-state index in [0.29, 0.717) is 0 Å². The topological polar surface area (TPSA) is 20.2 Å². The second kappa shape index (κ2) is 1.68. The van der Waals surface area contributed by atoms with Gasteiger partial charge in [0.2, 0.25) is 0 Å². The minimum atomic E-state index is -1.14. The number of hydrogen-bond acceptors (Lipinski definition) is 1. The van der Waals surface area contributed by atoms with Gasteiger partial charge in [-0.3, -0.25) is 0 Å². The molecule has 0 saturated heterocycles. The van der Waals surface area contributed by atoms with E-state index in [1.54, 1.807) is 0 Å². The molecule has 4 heavy (non-hydrogen) atoms. The van der Waals surface area contributed by atoms with Crippen LogP contribution in [0.2, 0.25) is 0 Å². The predicted molar refractivity (Wildman–Crippen MR) is 23.8 cm³/mol. The molecule has 0 fully saturated rings. The van der Waals surface area contributed by atoms with Gasteiger partial charge in [-0.15, -0.1) is 0 Å². The molecule has 0 aromatic rings. The summed E-state index contributed by atoms with van der Waals surface area (Å²) in [6, 6.07) is 0. The third-order valence-electron chi connectivity index (χ3n) is 0. The summed E-state index contributed by atoms with van der Waals surface area (Å²) in [6.45, 7) is 3.72. The van der Waals surface area contributed by atoms with Crippen LogP contribution in [-0.2, 0) is 0 Å². The van der Waals surface area contributed by atoms with E-state index < -0.39 is 8.15 Å². The van der Waals surface area contributed by atoms with Crippen LogP contribution >= 0.6 is 8.15 Å². The Morgan fingerprint density at radius 1 is 1.50 bits per heavy atom. The second-order valence-electron chi connectivity index (χ2n) is 1.09. The van der Waals surface area contributed by atoms with E-state index in [9.17, 15) is 0 Å². The van der Waals surface area contributed by atoms with E-state index in [4.69, 9.17) is 4.89 Å². The second-order valence-corrected chi connectivity index (χ2v) is 3.28. The van der Waals surface area contributed by atoms with Crippen molar-refractivity contribution in [2.45, 2.75) is 0 Å². The molecule has 28 valence electrons. The number of hydrogen-bond donors (Lipinski definition) is 1.